The van der Waals surface area contributed by atoms with Crippen LogP contribution in [0.2, 0.25) is 0 Å². The van der Waals surface area contributed by atoms with E-state index in [1.165, 1.54) is 37.7 Å². The van der Waals surface area contributed by atoms with E-state index in [4.69, 9.17) is 10.5 Å². The standard InChI is InChI=1S/C23H35NO/c1-14-11-16(25-6)12-15-13-18-22(4)10-8-19(24)21(2,3)17(22)7-9-23(18,5)20(14)15/h11-12,17-19H,7-10,13,24H2,1-6H3/t17-,18+,19+,22-,23+/m1/s1. The Labute approximate surface area is 153 Å². The first kappa shape index (κ1) is 17.4. The minimum Gasteiger partial charge on any atom is -0.497 e. The van der Waals surface area contributed by atoms with E-state index < -0.39 is 0 Å². The van der Waals surface area contributed by atoms with Crippen molar-refractivity contribution in [2.24, 2.45) is 28.4 Å². The van der Waals surface area contributed by atoms with Crippen LogP contribution in [0, 0.1) is 29.6 Å². The van der Waals surface area contributed by atoms with Crippen LogP contribution in [0.1, 0.15) is 70.1 Å². The topological polar surface area (TPSA) is 35.2 Å². The highest BCUT2D eigenvalue weighted by Gasteiger charge is 2.62. The Morgan fingerprint density at radius 3 is 2.44 bits per heavy atom. The van der Waals surface area contributed by atoms with Crippen molar-refractivity contribution < 1.29 is 4.74 Å². The maximum absolute atomic E-state index is 6.58. The molecule has 0 saturated heterocycles. The second-order valence-electron chi connectivity index (χ2n) is 10.2. The number of rotatable bonds is 1. The van der Waals surface area contributed by atoms with Gasteiger partial charge in [-0.25, -0.2) is 0 Å². The van der Waals surface area contributed by atoms with Crippen LogP contribution < -0.4 is 10.5 Å². The lowest BCUT2D eigenvalue weighted by atomic mass is 9.42. The summed E-state index contributed by atoms with van der Waals surface area (Å²) in [5.41, 5.74) is 12.1. The van der Waals surface area contributed by atoms with Gasteiger partial charge in [-0.3, -0.25) is 0 Å². The SMILES string of the molecule is COc1cc(C)c2c(c1)C[C@H]1[C@]3(C)CC[C@H](N)C(C)(C)[C@H]3CC[C@]21C. The zero-order chi connectivity index (χ0) is 18.2. The molecule has 0 heterocycles. The molecular weight excluding hydrogens is 306 g/mol. The minimum absolute atomic E-state index is 0.246. The number of hydrogen-bond donors (Lipinski definition) is 1. The van der Waals surface area contributed by atoms with Crippen molar-refractivity contribution in [2.75, 3.05) is 7.11 Å². The third-order valence-electron chi connectivity index (χ3n) is 8.78. The molecule has 3 aliphatic rings. The van der Waals surface area contributed by atoms with E-state index in [-0.39, 0.29) is 5.41 Å². The third-order valence-corrected chi connectivity index (χ3v) is 8.78. The fourth-order valence-electron chi connectivity index (χ4n) is 7.48. The second kappa shape index (κ2) is 5.25. The fraction of sp³-hybridized carbons (Fsp3) is 0.739. The van der Waals surface area contributed by atoms with E-state index in [1.54, 1.807) is 18.2 Å². The fourth-order valence-corrected chi connectivity index (χ4v) is 7.48. The Morgan fingerprint density at radius 1 is 1.04 bits per heavy atom. The Bertz CT molecular complexity index is 708. The summed E-state index contributed by atoms with van der Waals surface area (Å²) in [7, 11) is 1.78. The van der Waals surface area contributed by atoms with E-state index in [0.29, 0.717) is 16.9 Å². The van der Waals surface area contributed by atoms with E-state index in [9.17, 15) is 0 Å². The van der Waals surface area contributed by atoms with Gasteiger partial charge in [-0.2, -0.15) is 0 Å². The predicted molar refractivity (Wildman–Crippen MR) is 104 cm³/mol. The van der Waals surface area contributed by atoms with Gasteiger partial charge in [-0.1, -0.05) is 27.7 Å². The predicted octanol–water partition coefficient (Wildman–Crippen LogP) is 5.00. The van der Waals surface area contributed by atoms with E-state index in [0.717, 1.165) is 17.6 Å². The lowest BCUT2D eigenvalue weighted by Gasteiger charge is -2.62. The smallest absolute Gasteiger partial charge is 0.119 e. The summed E-state index contributed by atoms with van der Waals surface area (Å²) in [6, 6.07) is 4.89. The number of ether oxygens (including phenoxy) is 1. The molecule has 138 valence electrons. The molecule has 2 nitrogen and oxygen atoms in total. The molecule has 2 heteroatoms. The van der Waals surface area contributed by atoms with Crippen LogP contribution in [0.5, 0.6) is 5.75 Å². The maximum Gasteiger partial charge on any atom is 0.119 e. The number of fused-ring (bicyclic) bond motifs is 5. The van der Waals surface area contributed by atoms with Crippen molar-refractivity contribution in [3.63, 3.8) is 0 Å². The number of benzene rings is 1. The van der Waals surface area contributed by atoms with Crippen LogP contribution in [0.15, 0.2) is 12.1 Å². The Morgan fingerprint density at radius 2 is 1.76 bits per heavy atom. The normalized spacial score (nSPS) is 41.6. The van der Waals surface area contributed by atoms with Gasteiger partial charge in [-0.15, -0.1) is 0 Å². The monoisotopic (exact) mass is 341 g/mol. The molecule has 1 aromatic carbocycles. The first-order chi connectivity index (χ1) is 11.6. The molecule has 3 aliphatic carbocycles. The second-order valence-corrected chi connectivity index (χ2v) is 10.2. The number of methoxy groups -OCH3 is 1. The Hall–Kier alpha value is -1.02. The molecule has 0 bridgehead atoms. The van der Waals surface area contributed by atoms with Crippen LogP contribution in [-0.4, -0.2) is 13.2 Å². The first-order valence-corrected chi connectivity index (χ1v) is 10.1. The summed E-state index contributed by atoms with van der Waals surface area (Å²) < 4.78 is 5.57. The highest BCUT2D eigenvalue weighted by atomic mass is 16.5. The molecular formula is C23H35NO. The molecule has 2 saturated carbocycles. The molecule has 5 atom stereocenters. The largest absolute Gasteiger partial charge is 0.497 e. The number of aryl methyl sites for hydroxylation is 1. The lowest BCUT2D eigenvalue weighted by Crippen LogP contribution is -2.60. The molecule has 0 unspecified atom stereocenters. The molecule has 0 radical (unpaired) electrons. The van der Waals surface area contributed by atoms with E-state index in [1.807, 2.05) is 0 Å². The molecule has 2 fully saturated rings. The van der Waals surface area contributed by atoms with Gasteiger partial charge in [0.2, 0.25) is 0 Å². The Balaban J connectivity index is 1.81. The molecule has 4 rings (SSSR count). The third kappa shape index (κ3) is 2.13. The molecule has 25 heavy (non-hydrogen) atoms. The van der Waals surface area contributed by atoms with Gasteiger partial charge in [-0.05, 0) is 95.9 Å². The van der Waals surface area contributed by atoms with Gasteiger partial charge in [0.05, 0.1) is 7.11 Å². The van der Waals surface area contributed by atoms with Crippen LogP contribution in [0.3, 0.4) is 0 Å². The maximum atomic E-state index is 6.58. The van der Waals surface area contributed by atoms with Crippen LogP contribution >= 0.6 is 0 Å². The quantitative estimate of drug-likeness (QED) is 0.780. The van der Waals surface area contributed by atoms with Crippen LogP contribution in [-0.2, 0) is 11.8 Å². The summed E-state index contributed by atoms with van der Waals surface area (Å²) in [5.74, 6) is 2.48. The molecule has 0 spiro atoms. The molecule has 0 aliphatic heterocycles. The molecule has 0 amide bonds. The van der Waals surface area contributed by atoms with Crippen LogP contribution in [0.25, 0.3) is 0 Å². The van der Waals surface area contributed by atoms with Crippen molar-refractivity contribution in [3.05, 3.63) is 28.8 Å². The molecule has 2 N–H and O–H groups in total. The average molecular weight is 342 g/mol. The minimum atomic E-state index is 0.246. The van der Waals surface area contributed by atoms with Gasteiger partial charge < -0.3 is 10.5 Å². The van der Waals surface area contributed by atoms with Gasteiger partial charge in [0.15, 0.2) is 0 Å². The van der Waals surface area contributed by atoms with Crippen molar-refractivity contribution in [1.29, 1.82) is 0 Å². The molecule has 0 aromatic heterocycles. The zero-order valence-electron chi connectivity index (χ0n) is 16.9. The van der Waals surface area contributed by atoms with Gasteiger partial charge in [0.1, 0.15) is 5.75 Å². The van der Waals surface area contributed by atoms with E-state index in [2.05, 4.69) is 46.8 Å². The van der Waals surface area contributed by atoms with Crippen LogP contribution in [0.4, 0.5) is 0 Å². The summed E-state index contributed by atoms with van der Waals surface area (Å²) in [4.78, 5) is 0. The van der Waals surface area contributed by atoms with E-state index >= 15 is 0 Å². The van der Waals surface area contributed by atoms with Crippen molar-refractivity contribution in [1.82, 2.24) is 0 Å². The highest BCUT2D eigenvalue weighted by Crippen LogP contribution is 2.67. The zero-order valence-corrected chi connectivity index (χ0v) is 16.9. The molecule has 1 aromatic rings. The van der Waals surface area contributed by atoms with Gasteiger partial charge >= 0.3 is 0 Å². The summed E-state index contributed by atoms with van der Waals surface area (Å²) in [6.45, 7) is 12.3. The van der Waals surface area contributed by atoms with Crippen molar-refractivity contribution >= 4 is 0 Å². The summed E-state index contributed by atoms with van der Waals surface area (Å²) >= 11 is 0. The number of nitrogens with two attached hydrogens (primary N) is 1. The van der Waals surface area contributed by atoms with Crippen molar-refractivity contribution in [3.8, 4) is 5.75 Å². The summed E-state index contributed by atoms with van der Waals surface area (Å²) in [6.07, 6.45) is 6.28. The number of hydrogen-bond acceptors (Lipinski definition) is 2. The first-order valence-electron chi connectivity index (χ1n) is 10.1. The summed E-state index contributed by atoms with van der Waals surface area (Å²) in [5, 5.41) is 0. The average Bonchev–Trinajstić information content (AvgIpc) is 2.86. The highest BCUT2D eigenvalue weighted by molar-refractivity contribution is 5.51. The Kier molecular flexibility index (Phi) is 3.65. The van der Waals surface area contributed by atoms with Gasteiger partial charge in [0.25, 0.3) is 0 Å². The lowest BCUT2D eigenvalue weighted by molar-refractivity contribution is -0.107. The van der Waals surface area contributed by atoms with Crippen molar-refractivity contribution in [2.45, 2.75) is 78.2 Å². The van der Waals surface area contributed by atoms with Gasteiger partial charge in [0, 0.05) is 6.04 Å².